The lowest BCUT2D eigenvalue weighted by Crippen LogP contribution is -2.35. The number of hydrogen-bond acceptors (Lipinski definition) is 4. The Bertz CT molecular complexity index is 543. The fourth-order valence-corrected chi connectivity index (χ4v) is 1.57. The van der Waals surface area contributed by atoms with E-state index in [1.165, 1.54) is 0 Å². The fraction of sp³-hybridized carbons (Fsp3) is 0.250. The van der Waals surface area contributed by atoms with Crippen LogP contribution >= 0.6 is 0 Å². The summed E-state index contributed by atoms with van der Waals surface area (Å²) < 4.78 is 0. The monoisotopic (exact) mass is 245 g/mol. The van der Waals surface area contributed by atoms with Gasteiger partial charge in [-0.1, -0.05) is 12.1 Å². The molecule has 0 atom stereocenters. The number of nitrogens with one attached hydrogen (secondary N) is 2. The summed E-state index contributed by atoms with van der Waals surface area (Å²) >= 11 is 0. The van der Waals surface area contributed by atoms with Gasteiger partial charge in [0.25, 0.3) is 0 Å². The number of benzene rings is 1. The van der Waals surface area contributed by atoms with Crippen LogP contribution in [0.25, 0.3) is 11.0 Å². The summed E-state index contributed by atoms with van der Waals surface area (Å²) in [5, 5.41) is 5.65. The van der Waals surface area contributed by atoms with Crippen LogP contribution in [0, 0.1) is 0 Å². The molecule has 2 rings (SSSR count). The zero-order chi connectivity index (χ0) is 12.8. The van der Waals surface area contributed by atoms with Crippen molar-refractivity contribution in [1.82, 2.24) is 20.6 Å². The molecule has 1 aromatic heterocycles. The molecule has 4 N–H and O–H groups in total. The molecule has 94 valence electrons. The van der Waals surface area contributed by atoms with Crippen LogP contribution in [0.3, 0.4) is 0 Å². The van der Waals surface area contributed by atoms with Crippen LogP contribution in [0.4, 0.5) is 4.79 Å². The van der Waals surface area contributed by atoms with Crippen molar-refractivity contribution in [2.45, 2.75) is 6.54 Å². The molecular formula is C12H15N5O. The van der Waals surface area contributed by atoms with E-state index in [2.05, 4.69) is 20.6 Å². The minimum Gasteiger partial charge on any atom is -0.352 e. The van der Waals surface area contributed by atoms with Crippen molar-refractivity contribution in [3.05, 3.63) is 36.2 Å². The summed E-state index contributed by atoms with van der Waals surface area (Å²) in [7, 11) is 0. The van der Waals surface area contributed by atoms with Crippen LogP contribution in [0.1, 0.15) is 5.69 Å². The SMILES string of the molecule is NC(=O)NCCNCc1cnc2ccccc2n1. The Kier molecular flexibility index (Phi) is 4.03. The van der Waals surface area contributed by atoms with E-state index in [9.17, 15) is 4.79 Å². The van der Waals surface area contributed by atoms with Crippen molar-refractivity contribution in [2.24, 2.45) is 5.73 Å². The molecule has 1 heterocycles. The number of rotatable bonds is 5. The van der Waals surface area contributed by atoms with Crippen molar-refractivity contribution >= 4 is 17.1 Å². The highest BCUT2D eigenvalue weighted by molar-refractivity contribution is 5.73. The molecule has 0 fully saturated rings. The van der Waals surface area contributed by atoms with E-state index >= 15 is 0 Å². The molecule has 2 amide bonds. The Morgan fingerprint density at radius 3 is 2.78 bits per heavy atom. The van der Waals surface area contributed by atoms with Crippen molar-refractivity contribution < 1.29 is 4.79 Å². The van der Waals surface area contributed by atoms with Gasteiger partial charge in [0, 0.05) is 19.6 Å². The quantitative estimate of drug-likeness (QED) is 0.664. The maximum atomic E-state index is 10.4. The van der Waals surface area contributed by atoms with Crippen LogP contribution < -0.4 is 16.4 Å². The van der Waals surface area contributed by atoms with Crippen LogP contribution in [-0.4, -0.2) is 29.1 Å². The fourth-order valence-electron chi connectivity index (χ4n) is 1.57. The molecule has 0 bridgehead atoms. The lowest BCUT2D eigenvalue weighted by atomic mass is 10.3. The molecule has 0 saturated carbocycles. The van der Waals surface area contributed by atoms with Crippen molar-refractivity contribution in [2.75, 3.05) is 13.1 Å². The van der Waals surface area contributed by atoms with Gasteiger partial charge in [-0.3, -0.25) is 4.98 Å². The number of para-hydroxylation sites is 2. The maximum absolute atomic E-state index is 10.4. The maximum Gasteiger partial charge on any atom is 0.312 e. The summed E-state index contributed by atoms with van der Waals surface area (Å²) in [5.74, 6) is 0. The smallest absolute Gasteiger partial charge is 0.312 e. The van der Waals surface area contributed by atoms with E-state index in [4.69, 9.17) is 5.73 Å². The number of carbonyl (C=O) groups is 1. The highest BCUT2D eigenvalue weighted by atomic mass is 16.2. The summed E-state index contributed by atoms with van der Waals surface area (Å²) in [5.41, 5.74) is 7.58. The van der Waals surface area contributed by atoms with E-state index in [0.717, 1.165) is 16.7 Å². The summed E-state index contributed by atoms with van der Waals surface area (Å²) in [6, 6.07) is 7.22. The van der Waals surface area contributed by atoms with Gasteiger partial charge in [0.05, 0.1) is 22.9 Å². The molecule has 0 unspecified atom stereocenters. The minimum atomic E-state index is -0.512. The molecule has 2 aromatic rings. The Morgan fingerprint density at radius 2 is 2.00 bits per heavy atom. The Labute approximate surface area is 105 Å². The van der Waals surface area contributed by atoms with E-state index in [0.29, 0.717) is 19.6 Å². The van der Waals surface area contributed by atoms with Gasteiger partial charge in [0.2, 0.25) is 0 Å². The van der Waals surface area contributed by atoms with Crippen LogP contribution in [0.5, 0.6) is 0 Å². The Hall–Kier alpha value is -2.21. The highest BCUT2D eigenvalue weighted by Gasteiger charge is 1.98. The second-order valence-corrected chi connectivity index (χ2v) is 3.82. The predicted octanol–water partition coefficient (Wildman–Crippen LogP) is 0.388. The van der Waals surface area contributed by atoms with E-state index in [1.807, 2.05) is 24.3 Å². The van der Waals surface area contributed by atoms with Crippen molar-refractivity contribution in [3.8, 4) is 0 Å². The van der Waals surface area contributed by atoms with Crippen LogP contribution in [-0.2, 0) is 6.54 Å². The van der Waals surface area contributed by atoms with Crippen molar-refractivity contribution in [1.29, 1.82) is 0 Å². The molecule has 6 nitrogen and oxygen atoms in total. The summed E-state index contributed by atoms with van der Waals surface area (Å²) in [6.45, 7) is 1.74. The zero-order valence-electron chi connectivity index (χ0n) is 9.89. The molecule has 0 radical (unpaired) electrons. The summed E-state index contributed by atoms with van der Waals surface area (Å²) in [6.07, 6.45) is 1.75. The first-order valence-electron chi connectivity index (χ1n) is 5.70. The number of carbonyl (C=O) groups excluding carboxylic acids is 1. The Balaban J connectivity index is 1.86. The van der Waals surface area contributed by atoms with E-state index in [1.54, 1.807) is 6.20 Å². The second-order valence-electron chi connectivity index (χ2n) is 3.82. The topological polar surface area (TPSA) is 92.9 Å². The average Bonchev–Trinajstić information content (AvgIpc) is 2.38. The molecule has 18 heavy (non-hydrogen) atoms. The molecule has 0 aliphatic rings. The average molecular weight is 245 g/mol. The first kappa shape index (κ1) is 12.3. The molecular weight excluding hydrogens is 230 g/mol. The number of primary amides is 1. The minimum absolute atomic E-state index is 0.496. The van der Waals surface area contributed by atoms with Gasteiger partial charge in [-0.05, 0) is 12.1 Å². The van der Waals surface area contributed by atoms with Gasteiger partial charge in [0.15, 0.2) is 0 Å². The normalized spacial score (nSPS) is 10.4. The highest BCUT2D eigenvalue weighted by Crippen LogP contribution is 2.07. The second kappa shape index (κ2) is 5.92. The van der Waals surface area contributed by atoms with Crippen molar-refractivity contribution in [3.63, 3.8) is 0 Å². The molecule has 0 aliphatic heterocycles. The van der Waals surface area contributed by atoms with Crippen LogP contribution in [0.15, 0.2) is 30.5 Å². The largest absolute Gasteiger partial charge is 0.352 e. The van der Waals surface area contributed by atoms with Crippen LogP contribution in [0.2, 0.25) is 0 Å². The number of fused-ring (bicyclic) bond motifs is 1. The molecule has 0 saturated heterocycles. The van der Waals surface area contributed by atoms with E-state index in [-0.39, 0.29) is 0 Å². The van der Waals surface area contributed by atoms with E-state index < -0.39 is 6.03 Å². The first-order valence-corrected chi connectivity index (χ1v) is 5.70. The number of urea groups is 1. The van der Waals surface area contributed by atoms with Gasteiger partial charge >= 0.3 is 6.03 Å². The van der Waals surface area contributed by atoms with Gasteiger partial charge in [-0.15, -0.1) is 0 Å². The number of aromatic nitrogens is 2. The number of nitrogens with two attached hydrogens (primary N) is 1. The third kappa shape index (κ3) is 3.39. The third-order valence-corrected chi connectivity index (χ3v) is 2.41. The van der Waals surface area contributed by atoms with Gasteiger partial charge < -0.3 is 16.4 Å². The molecule has 1 aromatic carbocycles. The molecule has 6 heteroatoms. The lowest BCUT2D eigenvalue weighted by molar-refractivity contribution is 0.249. The molecule has 0 aliphatic carbocycles. The number of amides is 2. The zero-order valence-corrected chi connectivity index (χ0v) is 9.89. The van der Waals surface area contributed by atoms with Gasteiger partial charge in [-0.25, -0.2) is 9.78 Å². The Morgan fingerprint density at radius 1 is 1.22 bits per heavy atom. The third-order valence-electron chi connectivity index (χ3n) is 2.41. The number of nitrogens with zero attached hydrogens (tertiary/aromatic N) is 2. The number of hydrogen-bond donors (Lipinski definition) is 3. The van der Waals surface area contributed by atoms with Gasteiger partial charge in [0.1, 0.15) is 0 Å². The van der Waals surface area contributed by atoms with Gasteiger partial charge in [-0.2, -0.15) is 0 Å². The summed E-state index contributed by atoms with van der Waals surface area (Å²) in [4.78, 5) is 19.2. The first-order chi connectivity index (χ1) is 8.75. The standard InChI is InChI=1S/C12H15N5O/c13-12(18)15-6-5-14-7-9-8-16-10-3-1-2-4-11(10)17-9/h1-4,8,14H,5-7H2,(H3,13,15,18). The molecule has 0 spiro atoms. The lowest BCUT2D eigenvalue weighted by Gasteiger charge is -2.05. The predicted molar refractivity (Wildman–Crippen MR) is 68.8 cm³/mol.